The molecule has 0 unspecified atom stereocenters. The summed E-state index contributed by atoms with van der Waals surface area (Å²) in [5, 5.41) is 3.16. The summed E-state index contributed by atoms with van der Waals surface area (Å²) in [4.78, 5) is 12.5. The molecule has 2 aromatic rings. The van der Waals surface area contributed by atoms with Crippen LogP contribution in [0.4, 0.5) is 5.69 Å². The Balaban J connectivity index is 2.01. The summed E-state index contributed by atoms with van der Waals surface area (Å²) in [6.45, 7) is 3.52. The topological polar surface area (TPSA) is 93.7 Å². The van der Waals surface area contributed by atoms with E-state index in [4.69, 9.17) is 21.1 Å². The smallest absolute Gasteiger partial charge is 0.240 e. The van der Waals surface area contributed by atoms with E-state index in [-0.39, 0.29) is 23.3 Å². The average Bonchev–Trinajstić information content (AvgIpc) is 2.66. The quantitative estimate of drug-likeness (QED) is 0.621. The Morgan fingerprint density at radius 3 is 2.24 bits per heavy atom. The minimum atomic E-state index is -3.53. The first-order valence-electron chi connectivity index (χ1n) is 8.99. The second kappa shape index (κ2) is 9.96. The second-order valence-corrected chi connectivity index (χ2v) is 8.78. The normalized spacial score (nSPS) is 11.4. The third-order valence-corrected chi connectivity index (χ3v) is 5.98. The lowest BCUT2D eigenvalue weighted by atomic mass is 10.1. The Bertz CT molecular complexity index is 960. The van der Waals surface area contributed by atoms with Crippen LogP contribution in [-0.2, 0) is 21.2 Å². The number of rotatable bonds is 9. The average molecular weight is 441 g/mol. The van der Waals surface area contributed by atoms with Crippen molar-refractivity contribution in [1.29, 1.82) is 0 Å². The maximum Gasteiger partial charge on any atom is 0.240 e. The standard InChI is InChI=1S/C20H25ClN2O5S/c1-13(2)23-29(25,26)15-8-5-14(6-9-15)7-10-20(24)22-17-12-18(27-3)16(21)11-19(17)28-4/h5-6,8-9,11-13,23H,7,10H2,1-4H3,(H,22,24). The fourth-order valence-electron chi connectivity index (χ4n) is 2.64. The fourth-order valence-corrected chi connectivity index (χ4v) is 4.12. The third-order valence-electron chi connectivity index (χ3n) is 4.01. The van der Waals surface area contributed by atoms with Gasteiger partial charge in [-0.05, 0) is 38.0 Å². The fraction of sp³-hybridized carbons (Fsp3) is 0.350. The van der Waals surface area contributed by atoms with Crippen LogP contribution in [0, 0.1) is 0 Å². The molecule has 0 aliphatic carbocycles. The Kier molecular flexibility index (Phi) is 7.89. The first kappa shape index (κ1) is 23.0. The second-order valence-electron chi connectivity index (χ2n) is 6.66. The molecule has 2 aromatic carbocycles. The monoisotopic (exact) mass is 440 g/mol. The number of amides is 1. The predicted molar refractivity (Wildman–Crippen MR) is 113 cm³/mol. The van der Waals surface area contributed by atoms with Crippen molar-refractivity contribution in [3.05, 3.63) is 47.0 Å². The zero-order valence-electron chi connectivity index (χ0n) is 16.8. The lowest BCUT2D eigenvalue weighted by Gasteiger charge is -2.13. The molecule has 0 fully saturated rings. The Morgan fingerprint density at radius 1 is 1.07 bits per heavy atom. The minimum Gasteiger partial charge on any atom is -0.495 e. The van der Waals surface area contributed by atoms with Crippen molar-refractivity contribution in [2.75, 3.05) is 19.5 Å². The lowest BCUT2D eigenvalue weighted by Crippen LogP contribution is -2.30. The minimum absolute atomic E-state index is 0.188. The van der Waals surface area contributed by atoms with E-state index in [1.807, 2.05) is 0 Å². The van der Waals surface area contributed by atoms with Gasteiger partial charge in [0.15, 0.2) is 0 Å². The summed E-state index contributed by atoms with van der Waals surface area (Å²) in [7, 11) is -0.562. The molecule has 0 saturated heterocycles. The number of hydrogen-bond acceptors (Lipinski definition) is 5. The highest BCUT2D eigenvalue weighted by atomic mass is 35.5. The number of benzene rings is 2. The van der Waals surface area contributed by atoms with Gasteiger partial charge in [0.05, 0.1) is 29.8 Å². The number of nitrogens with one attached hydrogen (secondary N) is 2. The summed E-state index contributed by atoms with van der Waals surface area (Å²) < 4.78 is 37.2. The van der Waals surface area contributed by atoms with Crippen molar-refractivity contribution >= 4 is 33.2 Å². The Morgan fingerprint density at radius 2 is 1.69 bits per heavy atom. The molecule has 0 saturated carbocycles. The highest BCUT2D eigenvalue weighted by molar-refractivity contribution is 7.89. The highest BCUT2D eigenvalue weighted by Gasteiger charge is 2.16. The van der Waals surface area contributed by atoms with Gasteiger partial charge in [-0.2, -0.15) is 0 Å². The highest BCUT2D eigenvalue weighted by Crippen LogP contribution is 2.35. The van der Waals surface area contributed by atoms with Gasteiger partial charge in [0.25, 0.3) is 0 Å². The number of methoxy groups -OCH3 is 2. The molecule has 9 heteroatoms. The van der Waals surface area contributed by atoms with Crippen LogP contribution in [0.1, 0.15) is 25.8 Å². The molecule has 0 atom stereocenters. The van der Waals surface area contributed by atoms with Gasteiger partial charge >= 0.3 is 0 Å². The van der Waals surface area contributed by atoms with Gasteiger partial charge in [0.1, 0.15) is 11.5 Å². The number of anilines is 1. The van der Waals surface area contributed by atoms with Gasteiger partial charge in [-0.15, -0.1) is 0 Å². The first-order valence-corrected chi connectivity index (χ1v) is 10.8. The largest absolute Gasteiger partial charge is 0.495 e. The van der Waals surface area contributed by atoms with Crippen LogP contribution in [0.25, 0.3) is 0 Å². The lowest BCUT2D eigenvalue weighted by molar-refractivity contribution is -0.116. The summed E-state index contributed by atoms with van der Waals surface area (Å²) in [6, 6.07) is 9.45. The first-order chi connectivity index (χ1) is 13.7. The zero-order chi connectivity index (χ0) is 21.6. The number of ether oxygens (including phenoxy) is 2. The van der Waals surface area contributed by atoms with Gasteiger partial charge in [-0.25, -0.2) is 13.1 Å². The van der Waals surface area contributed by atoms with E-state index >= 15 is 0 Å². The van der Waals surface area contributed by atoms with Gasteiger partial charge in [-0.3, -0.25) is 4.79 Å². The van der Waals surface area contributed by atoms with E-state index in [2.05, 4.69) is 10.0 Å². The van der Waals surface area contributed by atoms with E-state index in [0.717, 1.165) is 5.56 Å². The van der Waals surface area contributed by atoms with Crippen molar-refractivity contribution in [2.24, 2.45) is 0 Å². The number of aryl methyl sites for hydroxylation is 1. The van der Waals surface area contributed by atoms with Crippen LogP contribution in [0.15, 0.2) is 41.3 Å². The molecule has 7 nitrogen and oxygen atoms in total. The van der Waals surface area contributed by atoms with Crippen molar-refractivity contribution < 1.29 is 22.7 Å². The maximum atomic E-state index is 12.3. The molecule has 0 aliphatic rings. The summed E-state index contributed by atoms with van der Waals surface area (Å²) >= 11 is 6.07. The molecule has 0 spiro atoms. The molecule has 0 aromatic heterocycles. The molecule has 0 radical (unpaired) electrons. The van der Waals surface area contributed by atoms with Crippen molar-refractivity contribution in [3.63, 3.8) is 0 Å². The molecule has 0 bridgehead atoms. The summed E-state index contributed by atoms with van der Waals surface area (Å²) in [5.74, 6) is 0.636. The number of halogens is 1. The molecule has 0 heterocycles. The molecule has 1 amide bonds. The van der Waals surface area contributed by atoms with E-state index in [1.54, 1.807) is 38.1 Å². The van der Waals surface area contributed by atoms with Crippen molar-refractivity contribution in [1.82, 2.24) is 4.72 Å². The van der Waals surface area contributed by atoms with E-state index in [1.165, 1.54) is 26.4 Å². The van der Waals surface area contributed by atoms with Crippen LogP contribution >= 0.6 is 11.6 Å². The third kappa shape index (κ3) is 6.35. The Labute approximate surface area is 176 Å². The number of carbonyl (C=O) groups is 1. The molecule has 158 valence electrons. The summed E-state index contributed by atoms with van der Waals surface area (Å²) in [6.07, 6.45) is 0.668. The number of hydrogen-bond donors (Lipinski definition) is 2. The van der Waals surface area contributed by atoms with Crippen LogP contribution in [0.2, 0.25) is 5.02 Å². The van der Waals surface area contributed by atoms with Gasteiger partial charge in [0, 0.05) is 24.6 Å². The SMILES string of the molecule is COc1cc(NC(=O)CCc2ccc(S(=O)(=O)NC(C)C)cc2)c(OC)cc1Cl. The van der Waals surface area contributed by atoms with E-state index in [9.17, 15) is 13.2 Å². The van der Waals surface area contributed by atoms with Crippen molar-refractivity contribution in [2.45, 2.75) is 37.6 Å². The number of carbonyl (C=O) groups excluding carboxylic acids is 1. The zero-order valence-corrected chi connectivity index (χ0v) is 18.4. The van der Waals surface area contributed by atoms with E-state index in [0.29, 0.717) is 28.6 Å². The number of sulfonamides is 1. The van der Waals surface area contributed by atoms with Crippen LogP contribution in [0.5, 0.6) is 11.5 Å². The summed E-state index contributed by atoms with van der Waals surface area (Å²) in [5.41, 5.74) is 1.31. The molecule has 29 heavy (non-hydrogen) atoms. The molecular formula is C20H25ClN2O5S. The van der Waals surface area contributed by atoms with Gasteiger partial charge < -0.3 is 14.8 Å². The van der Waals surface area contributed by atoms with Crippen LogP contribution < -0.4 is 19.5 Å². The van der Waals surface area contributed by atoms with Crippen LogP contribution in [0.3, 0.4) is 0 Å². The van der Waals surface area contributed by atoms with Crippen LogP contribution in [-0.4, -0.2) is 34.6 Å². The molecule has 2 rings (SSSR count). The molecule has 2 N–H and O–H groups in total. The van der Waals surface area contributed by atoms with E-state index < -0.39 is 10.0 Å². The molecular weight excluding hydrogens is 416 g/mol. The van der Waals surface area contributed by atoms with Crippen molar-refractivity contribution in [3.8, 4) is 11.5 Å². The predicted octanol–water partition coefficient (Wildman–Crippen LogP) is 3.62. The Hall–Kier alpha value is -2.29. The van der Waals surface area contributed by atoms with Gasteiger partial charge in [-0.1, -0.05) is 23.7 Å². The van der Waals surface area contributed by atoms with Gasteiger partial charge in [0.2, 0.25) is 15.9 Å². The molecule has 0 aliphatic heterocycles. The maximum absolute atomic E-state index is 12.3.